The molecule has 0 radical (unpaired) electrons. The fourth-order valence-electron chi connectivity index (χ4n) is 5.81. The van der Waals surface area contributed by atoms with E-state index in [1.807, 2.05) is 12.1 Å². The van der Waals surface area contributed by atoms with Gasteiger partial charge in [-0.15, -0.1) is 0 Å². The summed E-state index contributed by atoms with van der Waals surface area (Å²) in [7, 11) is 3.91. The standard InChI is InChI=1S/C28H36N2O3/c1-29(21-22-6-4-3-5-7-22)24-12-19-33-27(20-24)15-17-30(18-16-27)26(31)28(13-14-28)23-8-10-25(32-2)11-9-23/h3-11,24H,12-21H2,1-2H3. The Balaban J connectivity index is 1.19. The minimum Gasteiger partial charge on any atom is -0.497 e. The summed E-state index contributed by atoms with van der Waals surface area (Å²) in [6.45, 7) is 3.38. The van der Waals surface area contributed by atoms with Gasteiger partial charge in [0.05, 0.1) is 18.1 Å². The van der Waals surface area contributed by atoms with Crippen molar-refractivity contribution in [3.63, 3.8) is 0 Å². The molecule has 2 saturated heterocycles. The first kappa shape index (κ1) is 22.4. The topological polar surface area (TPSA) is 42.0 Å². The maximum atomic E-state index is 13.5. The highest BCUT2D eigenvalue weighted by Crippen LogP contribution is 2.50. The second-order valence-corrected chi connectivity index (χ2v) is 10.2. The number of benzene rings is 2. The molecule has 2 aliphatic heterocycles. The zero-order valence-electron chi connectivity index (χ0n) is 20.0. The van der Waals surface area contributed by atoms with E-state index >= 15 is 0 Å². The van der Waals surface area contributed by atoms with Crippen LogP contribution in [0.25, 0.3) is 0 Å². The zero-order chi connectivity index (χ0) is 22.9. The Morgan fingerprint density at radius 3 is 2.39 bits per heavy atom. The largest absolute Gasteiger partial charge is 0.497 e. The number of nitrogens with zero attached hydrogens (tertiary/aromatic N) is 2. The van der Waals surface area contributed by atoms with Crippen LogP contribution >= 0.6 is 0 Å². The molecule has 0 bridgehead atoms. The van der Waals surface area contributed by atoms with E-state index in [0.717, 1.165) is 76.1 Å². The van der Waals surface area contributed by atoms with Crippen molar-refractivity contribution in [1.29, 1.82) is 0 Å². The van der Waals surface area contributed by atoms with E-state index in [-0.39, 0.29) is 11.0 Å². The lowest BCUT2D eigenvalue weighted by Gasteiger charge is -2.48. The Morgan fingerprint density at radius 2 is 1.76 bits per heavy atom. The predicted octanol–water partition coefficient (Wildman–Crippen LogP) is 4.40. The number of ether oxygens (including phenoxy) is 2. The molecule has 5 rings (SSSR count). The normalized spacial score (nSPS) is 23.5. The van der Waals surface area contributed by atoms with Crippen LogP contribution in [-0.2, 0) is 21.5 Å². The first-order chi connectivity index (χ1) is 16.0. The molecule has 5 heteroatoms. The molecule has 176 valence electrons. The van der Waals surface area contributed by atoms with Crippen LogP contribution in [0.5, 0.6) is 5.75 Å². The first-order valence-electron chi connectivity index (χ1n) is 12.4. The zero-order valence-corrected chi connectivity index (χ0v) is 20.0. The summed E-state index contributed by atoms with van der Waals surface area (Å²) < 4.78 is 11.7. The highest BCUT2D eigenvalue weighted by molar-refractivity contribution is 5.91. The third-order valence-electron chi connectivity index (χ3n) is 8.13. The molecule has 5 nitrogen and oxygen atoms in total. The van der Waals surface area contributed by atoms with Gasteiger partial charge in [-0.3, -0.25) is 9.69 Å². The average Bonchev–Trinajstić information content (AvgIpc) is 3.67. The SMILES string of the molecule is COc1ccc(C2(C(=O)N3CCC4(CC3)CC(N(C)Cc3ccccc3)CCO4)CC2)cc1. The molecule has 3 fully saturated rings. The van der Waals surface area contributed by atoms with Crippen molar-refractivity contribution in [3.05, 3.63) is 65.7 Å². The van der Waals surface area contributed by atoms with Gasteiger partial charge in [-0.2, -0.15) is 0 Å². The van der Waals surface area contributed by atoms with Crippen LogP contribution in [0.2, 0.25) is 0 Å². The van der Waals surface area contributed by atoms with E-state index in [1.54, 1.807) is 7.11 Å². The van der Waals surface area contributed by atoms with E-state index in [4.69, 9.17) is 9.47 Å². The van der Waals surface area contributed by atoms with Crippen LogP contribution in [0.4, 0.5) is 0 Å². The summed E-state index contributed by atoms with van der Waals surface area (Å²) in [5.41, 5.74) is 2.09. The summed E-state index contributed by atoms with van der Waals surface area (Å²) >= 11 is 0. The van der Waals surface area contributed by atoms with Crippen molar-refractivity contribution in [3.8, 4) is 5.75 Å². The number of hydrogen-bond donors (Lipinski definition) is 0. The number of likely N-dealkylation sites (tertiary alicyclic amines) is 1. The quantitative estimate of drug-likeness (QED) is 0.657. The number of amides is 1. The summed E-state index contributed by atoms with van der Waals surface area (Å²) in [4.78, 5) is 18.1. The minimum atomic E-state index is -0.317. The van der Waals surface area contributed by atoms with E-state index in [9.17, 15) is 4.79 Å². The molecule has 0 aromatic heterocycles. The van der Waals surface area contributed by atoms with Crippen LogP contribution < -0.4 is 4.74 Å². The molecule has 2 heterocycles. The van der Waals surface area contributed by atoms with Crippen LogP contribution in [0, 0.1) is 0 Å². The van der Waals surface area contributed by atoms with E-state index in [2.05, 4.69) is 59.3 Å². The van der Waals surface area contributed by atoms with Gasteiger partial charge in [-0.1, -0.05) is 42.5 Å². The Kier molecular flexibility index (Phi) is 6.19. The number of hydrogen-bond acceptors (Lipinski definition) is 4. The summed E-state index contributed by atoms with van der Waals surface area (Å²) in [6, 6.07) is 19.3. The first-order valence-corrected chi connectivity index (χ1v) is 12.4. The van der Waals surface area contributed by atoms with Gasteiger partial charge >= 0.3 is 0 Å². The fourth-order valence-corrected chi connectivity index (χ4v) is 5.81. The van der Waals surface area contributed by atoms with Gasteiger partial charge in [-0.05, 0) is 68.8 Å². The molecule has 0 N–H and O–H groups in total. The molecular formula is C28H36N2O3. The second-order valence-electron chi connectivity index (χ2n) is 10.2. The Bertz CT molecular complexity index is 947. The number of piperidine rings is 1. The lowest BCUT2D eigenvalue weighted by Crippen LogP contribution is -2.55. The third-order valence-corrected chi connectivity index (χ3v) is 8.13. The van der Waals surface area contributed by atoms with Crippen LogP contribution in [0.1, 0.15) is 49.7 Å². The smallest absolute Gasteiger partial charge is 0.233 e. The molecule has 1 amide bonds. The van der Waals surface area contributed by atoms with Crippen molar-refractivity contribution >= 4 is 5.91 Å². The van der Waals surface area contributed by atoms with E-state index < -0.39 is 0 Å². The Morgan fingerprint density at radius 1 is 1.06 bits per heavy atom. The summed E-state index contributed by atoms with van der Waals surface area (Å²) in [6.07, 6.45) is 5.90. The molecule has 1 atom stereocenters. The van der Waals surface area contributed by atoms with Gasteiger partial charge < -0.3 is 14.4 Å². The fraction of sp³-hybridized carbons (Fsp3) is 0.536. The lowest BCUT2D eigenvalue weighted by atomic mass is 9.81. The van der Waals surface area contributed by atoms with E-state index in [0.29, 0.717) is 11.9 Å². The maximum absolute atomic E-state index is 13.5. The van der Waals surface area contributed by atoms with Crippen molar-refractivity contribution in [1.82, 2.24) is 9.80 Å². The van der Waals surface area contributed by atoms with Gasteiger partial charge in [0.15, 0.2) is 0 Å². The predicted molar refractivity (Wildman–Crippen MR) is 129 cm³/mol. The number of carbonyl (C=O) groups excluding carboxylic acids is 1. The summed E-state index contributed by atoms with van der Waals surface area (Å²) in [5.74, 6) is 1.14. The van der Waals surface area contributed by atoms with Crippen LogP contribution in [-0.4, -0.2) is 61.2 Å². The molecule has 2 aromatic rings. The van der Waals surface area contributed by atoms with Crippen molar-refractivity contribution in [2.24, 2.45) is 0 Å². The van der Waals surface area contributed by atoms with Crippen molar-refractivity contribution in [2.45, 2.75) is 62.1 Å². The molecule has 1 unspecified atom stereocenters. The minimum absolute atomic E-state index is 0.0819. The third kappa shape index (κ3) is 4.53. The maximum Gasteiger partial charge on any atom is 0.233 e. The second kappa shape index (κ2) is 9.11. The molecule has 33 heavy (non-hydrogen) atoms. The highest BCUT2D eigenvalue weighted by atomic mass is 16.5. The summed E-state index contributed by atoms with van der Waals surface area (Å²) in [5, 5.41) is 0. The number of carbonyl (C=O) groups is 1. The molecule has 2 aromatic carbocycles. The molecule has 3 aliphatic rings. The van der Waals surface area contributed by atoms with Gasteiger partial charge in [0.1, 0.15) is 5.75 Å². The number of methoxy groups -OCH3 is 1. The average molecular weight is 449 g/mol. The monoisotopic (exact) mass is 448 g/mol. The van der Waals surface area contributed by atoms with Gasteiger partial charge in [0.25, 0.3) is 0 Å². The lowest BCUT2D eigenvalue weighted by molar-refractivity contribution is -0.150. The number of rotatable bonds is 6. The Hall–Kier alpha value is -2.37. The molecule has 1 aliphatic carbocycles. The van der Waals surface area contributed by atoms with Gasteiger partial charge in [0, 0.05) is 32.3 Å². The van der Waals surface area contributed by atoms with Gasteiger partial charge in [0.2, 0.25) is 5.91 Å². The molecule has 1 spiro atoms. The van der Waals surface area contributed by atoms with E-state index in [1.165, 1.54) is 5.56 Å². The molecular weight excluding hydrogens is 412 g/mol. The Labute approximate surface area is 197 Å². The molecule has 1 saturated carbocycles. The van der Waals surface area contributed by atoms with Crippen LogP contribution in [0.15, 0.2) is 54.6 Å². The van der Waals surface area contributed by atoms with Crippen molar-refractivity contribution < 1.29 is 14.3 Å². The van der Waals surface area contributed by atoms with Gasteiger partial charge in [-0.25, -0.2) is 0 Å². The van der Waals surface area contributed by atoms with Crippen molar-refractivity contribution in [2.75, 3.05) is 33.9 Å². The van der Waals surface area contributed by atoms with Crippen LogP contribution in [0.3, 0.4) is 0 Å². The highest BCUT2D eigenvalue weighted by Gasteiger charge is 2.54.